The third-order valence-electron chi connectivity index (χ3n) is 11.7. The van der Waals surface area contributed by atoms with E-state index in [1.807, 2.05) is 20.2 Å². The second-order valence-corrected chi connectivity index (χ2v) is 20.1. The number of hydrogen-bond donors (Lipinski definition) is 5. The van der Waals surface area contributed by atoms with Crippen molar-refractivity contribution in [2.45, 2.75) is 158 Å². The lowest BCUT2D eigenvalue weighted by Gasteiger charge is -2.44. The van der Waals surface area contributed by atoms with Crippen molar-refractivity contribution in [1.82, 2.24) is 26.4 Å². The second kappa shape index (κ2) is 16.5. The van der Waals surface area contributed by atoms with Gasteiger partial charge in [0.05, 0.1) is 30.9 Å². The van der Waals surface area contributed by atoms with Crippen LogP contribution in [0.15, 0.2) is 4.99 Å². The van der Waals surface area contributed by atoms with E-state index in [0.29, 0.717) is 42.9 Å². The first-order chi connectivity index (χ1) is 22.0. The summed E-state index contributed by atoms with van der Waals surface area (Å²) in [5, 5.41) is 6.56. The highest BCUT2D eigenvalue weighted by molar-refractivity contribution is 6.71. The molecule has 0 aromatic carbocycles. The zero-order chi connectivity index (χ0) is 32.8. The monoisotopic (exact) mass is 680 g/mol. The minimum Gasteiger partial charge on any atom is -0.432 e. The van der Waals surface area contributed by atoms with Gasteiger partial charge in [-0.1, -0.05) is 12.8 Å². The van der Waals surface area contributed by atoms with E-state index in [0.717, 1.165) is 89.9 Å². The van der Waals surface area contributed by atoms with Crippen molar-refractivity contribution in [2.75, 3.05) is 20.2 Å². The van der Waals surface area contributed by atoms with Crippen molar-refractivity contribution in [3.05, 3.63) is 0 Å². The first kappa shape index (κ1) is 36.2. The number of amides is 2. The van der Waals surface area contributed by atoms with Crippen molar-refractivity contribution in [1.29, 1.82) is 0 Å². The fourth-order valence-electron chi connectivity index (χ4n) is 9.00. The maximum atomic E-state index is 13.3. The van der Waals surface area contributed by atoms with Gasteiger partial charge in [0.25, 0.3) is 0 Å². The first-order valence-electron chi connectivity index (χ1n) is 18.3. The van der Waals surface area contributed by atoms with Crippen LogP contribution in [0.1, 0.15) is 103 Å². The van der Waals surface area contributed by atoms with Crippen molar-refractivity contribution < 1.29 is 19.1 Å². The van der Waals surface area contributed by atoms with Crippen LogP contribution in [0.25, 0.3) is 0 Å². The lowest BCUT2D eigenvalue weighted by atomic mass is 9.72. The first-order valence-corrected chi connectivity index (χ1v) is 21.8. The van der Waals surface area contributed by atoms with Crippen LogP contribution in [-0.2, 0) is 14.3 Å². The third kappa shape index (κ3) is 9.12. The van der Waals surface area contributed by atoms with Gasteiger partial charge in [-0.2, -0.15) is 0 Å². The fraction of sp³-hybridized carbons (Fsp3) is 0.912. The third-order valence-corrected chi connectivity index (χ3v) is 14.7. The van der Waals surface area contributed by atoms with Crippen LogP contribution in [0.3, 0.4) is 0 Å². The van der Waals surface area contributed by atoms with Gasteiger partial charge in [0.2, 0.25) is 11.8 Å². The smallest absolute Gasteiger partial charge is 0.223 e. The number of carbonyl (C=O) groups excluding carboxylic acids is 2. The molecule has 0 radical (unpaired) electrons. The Morgan fingerprint density at radius 3 is 2.46 bits per heavy atom. The molecule has 3 aliphatic carbocycles. The highest BCUT2D eigenvalue weighted by Gasteiger charge is 2.50. The summed E-state index contributed by atoms with van der Waals surface area (Å²) in [4.78, 5) is 44.7. The molecule has 7 unspecified atom stereocenters. The van der Waals surface area contributed by atoms with Crippen LogP contribution in [0.2, 0.25) is 18.6 Å². The summed E-state index contributed by atoms with van der Waals surface area (Å²) in [6.07, 6.45) is 14.6. The number of nitrogens with one attached hydrogen (secondary N) is 4. The molecule has 0 spiro atoms. The molecule has 4 fully saturated rings. The summed E-state index contributed by atoms with van der Waals surface area (Å²) in [6, 6.07) is 0.208. The van der Waals surface area contributed by atoms with Gasteiger partial charge in [-0.15, -0.1) is 11.6 Å². The van der Waals surface area contributed by atoms with E-state index in [9.17, 15) is 14.4 Å². The van der Waals surface area contributed by atoms with Crippen molar-refractivity contribution >= 4 is 37.4 Å². The Balaban J connectivity index is 1.11. The lowest BCUT2D eigenvalue weighted by molar-refractivity contribution is -0.126. The van der Waals surface area contributed by atoms with Crippen LogP contribution >= 0.6 is 11.6 Å². The van der Waals surface area contributed by atoms with Crippen molar-refractivity contribution in [3.63, 3.8) is 0 Å². The Bertz CT molecular complexity index is 1050. The molecule has 46 heavy (non-hydrogen) atoms. The van der Waals surface area contributed by atoms with Crippen LogP contribution in [0.5, 0.6) is 0 Å². The second-order valence-electron chi connectivity index (χ2n) is 15.4. The van der Waals surface area contributed by atoms with Crippen molar-refractivity contribution in [2.24, 2.45) is 22.7 Å². The number of unbranched alkanes of at least 4 members (excludes halogenated alkanes) is 2. The Morgan fingerprint density at radius 1 is 1.00 bits per heavy atom. The molecule has 2 aliphatic heterocycles. The fourth-order valence-corrected chi connectivity index (χ4v) is 11.0. The summed E-state index contributed by atoms with van der Waals surface area (Å²) in [5.41, 5.74) is 8.59. The van der Waals surface area contributed by atoms with E-state index < -0.39 is 8.32 Å². The number of aliphatic imine (C=N–C) groups is 1. The summed E-state index contributed by atoms with van der Waals surface area (Å²) in [6.45, 7) is 7.49. The molecule has 2 amide bonds. The van der Waals surface area contributed by atoms with Gasteiger partial charge in [-0.3, -0.25) is 19.5 Å². The molecular formula is C34H61ClN6O4Si. The van der Waals surface area contributed by atoms with Crippen LogP contribution in [-0.4, -0.2) is 91.6 Å². The summed E-state index contributed by atoms with van der Waals surface area (Å²) >= 11 is 6.52. The summed E-state index contributed by atoms with van der Waals surface area (Å²) in [7, 11) is -0.367. The Labute approximate surface area is 283 Å². The van der Waals surface area contributed by atoms with E-state index in [1.54, 1.807) is 0 Å². The van der Waals surface area contributed by atoms with Gasteiger partial charge in [0.15, 0.2) is 8.32 Å². The number of carbonyl (C=O) groups is 2. The standard InChI is InChI=1S/C34H61ClN6O4Si/c1-22-39-40-33-29(38-32(23-11-13-25(35)14-12-23)28-20-26(45-2)15-16-30(28)41(22)33)21-31(42)36-17-6-5-7-18-37-34(43)24-9-8-10-27(19-24)46(3,4)44/h22-30,33,39-40,44H,5-21H2,1-4H3,(H,36,42)(H,37,43)/t22?,23?,24?,25?,26?,27?,28?,29-,30?,33?/m0/s1. The number of halogens is 1. The van der Waals surface area contributed by atoms with Crippen LogP contribution in [0.4, 0.5) is 0 Å². The van der Waals surface area contributed by atoms with Gasteiger partial charge < -0.3 is 20.2 Å². The molecule has 5 aliphatic rings. The van der Waals surface area contributed by atoms with E-state index in [2.05, 4.69) is 33.3 Å². The molecular weight excluding hydrogens is 620 g/mol. The van der Waals surface area contributed by atoms with E-state index in [4.69, 9.17) is 21.3 Å². The molecule has 262 valence electrons. The van der Waals surface area contributed by atoms with Gasteiger partial charge in [0.1, 0.15) is 0 Å². The molecule has 1 saturated heterocycles. The summed E-state index contributed by atoms with van der Waals surface area (Å²) in [5.74, 6) is 0.989. The van der Waals surface area contributed by atoms with Crippen LogP contribution < -0.4 is 21.5 Å². The minimum absolute atomic E-state index is 0.0249. The maximum Gasteiger partial charge on any atom is 0.223 e. The minimum atomic E-state index is -2.20. The molecule has 8 atom stereocenters. The molecule has 0 bridgehead atoms. The van der Waals surface area contributed by atoms with Gasteiger partial charge >= 0.3 is 0 Å². The quantitative estimate of drug-likeness (QED) is 0.117. The molecule has 2 heterocycles. The van der Waals surface area contributed by atoms with Gasteiger partial charge in [-0.25, -0.2) is 10.9 Å². The number of fused-ring (bicyclic) bond motifs is 3. The Morgan fingerprint density at radius 2 is 1.74 bits per heavy atom. The number of alkyl halides is 1. The number of rotatable bonds is 12. The largest absolute Gasteiger partial charge is 0.432 e. The molecule has 0 aromatic heterocycles. The molecule has 5 rings (SSSR count). The topological polar surface area (TPSA) is 127 Å². The van der Waals surface area contributed by atoms with E-state index >= 15 is 0 Å². The van der Waals surface area contributed by atoms with Gasteiger partial charge in [0, 0.05) is 49.2 Å². The molecule has 5 N–H and O–H groups in total. The number of hydrazine groups is 1. The van der Waals surface area contributed by atoms with Crippen molar-refractivity contribution in [3.8, 4) is 0 Å². The zero-order valence-electron chi connectivity index (χ0n) is 28.7. The highest BCUT2D eigenvalue weighted by Crippen LogP contribution is 2.42. The van der Waals surface area contributed by atoms with Gasteiger partial charge in [-0.05, 0) is 109 Å². The lowest BCUT2D eigenvalue weighted by Crippen LogP contribution is -2.55. The van der Waals surface area contributed by atoms with E-state index in [-0.39, 0.29) is 47.6 Å². The Kier molecular flexibility index (Phi) is 13.0. The van der Waals surface area contributed by atoms with E-state index in [1.165, 1.54) is 5.71 Å². The SMILES string of the molecule is COC1CCC2C(C1)C(C1CCC(Cl)CC1)=N[C@@H](CC(=O)NCCCCCNC(=O)C1CCCC([Si](C)(C)O)C1)C1NNC(C)N21. The average Bonchev–Trinajstić information content (AvgIpc) is 3.36. The predicted octanol–water partition coefficient (Wildman–Crippen LogP) is 4.42. The number of ether oxygens (including phenoxy) is 1. The molecule has 0 aromatic rings. The number of methoxy groups -OCH3 is 1. The van der Waals surface area contributed by atoms with Crippen LogP contribution in [0, 0.1) is 17.8 Å². The molecule has 3 saturated carbocycles. The predicted molar refractivity (Wildman–Crippen MR) is 186 cm³/mol. The number of hydrogen-bond acceptors (Lipinski definition) is 8. The average molecular weight is 681 g/mol. The molecule has 10 nitrogen and oxygen atoms in total. The molecule has 12 heteroatoms. The highest BCUT2D eigenvalue weighted by atomic mass is 35.5. The normalized spacial score (nSPS) is 37.0. The zero-order valence-corrected chi connectivity index (χ0v) is 30.5. The number of nitrogens with zero attached hydrogens (tertiary/aromatic N) is 2. The Hall–Kier alpha value is -1.08. The maximum absolute atomic E-state index is 13.3. The summed E-state index contributed by atoms with van der Waals surface area (Å²) < 4.78 is 5.88.